The molecule has 5 nitrogen and oxygen atoms in total. The van der Waals surface area contributed by atoms with Gasteiger partial charge in [0.2, 0.25) is 0 Å². The Morgan fingerprint density at radius 1 is 1.40 bits per heavy atom. The van der Waals surface area contributed by atoms with Crippen LogP contribution in [-0.2, 0) is 9.53 Å². The van der Waals surface area contributed by atoms with Crippen molar-refractivity contribution in [3.8, 4) is 0 Å². The van der Waals surface area contributed by atoms with Gasteiger partial charge in [-0.15, -0.1) is 0 Å². The summed E-state index contributed by atoms with van der Waals surface area (Å²) in [6.45, 7) is 4.65. The average Bonchev–Trinajstić information content (AvgIpc) is 2.78. The predicted octanol–water partition coefficient (Wildman–Crippen LogP) is 1.92. The van der Waals surface area contributed by atoms with Crippen molar-refractivity contribution in [1.82, 2.24) is 9.88 Å². The number of amides is 1. The van der Waals surface area contributed by atoms with Crippen LogP contribution < -0.4 is 0 Å². The van der Waals surface area contributed by atoms with E-state index >= 15 is 0 Å². The molecule has 0 aromatic carbocycles. The van der Waals surface area contributed by atoms with Crippen LogP contribution in [-0.4, -0.2) is 42.0 Å². The van der Waals surface area contributed by atoms with Gasteiger partial charge in [0.25, 0.3) is 5.91 Å². The lowest BCUT2D eigenvalue weighted by atomic mass is 9.99. The van der Waals surface area contributed by atoms with Crippen LogP contribution in [0.25, 0.3) is 0 Å². The molecule has 2 unspecified atom stereocenters. The molecule has 1 amide bonds. The highest BCUT2D eigenvalue weighted by atomic mass is 35.5. The number of hydrogen-bond donors (Lipinski definition) is 0. The third kappa shape index (κ3) is 2.93. The second kappa shape index (κ2) is 5.79. The Balaban J connectivity index is 2.16. The van der Waals surface area contributed by atoms with Crippen molar-refractivity contribution in [3.05, 3.63) is 28.5 Å². The third-order valence-electron chi connectivity index (χ3n) is 3.57. The quantitative estimate of drug-likeness (QED) is 0.618. The van der Waals surface area contributed by atoms with Gasteiger partial charge >= 0.3 is 5.97 Å². The second-order valence-corrected chi connectivity index (χ2v) is 5.52. The first-order valence-electron chi connectivity index (χ1n) is 6.43. The van der Waals surface area contributed by atoms with E-state index in [1.54, 1.807) is 24.0 Å². The minimum atomic E-state index is -0.267. The van der Waals surface area contributed by atoms with Gasteiger partial charge in [-0.25, -0.2) is 4.98 Å². The molecule has 108 valence electrons. The molecule has 20 heavy (non-hydrogen) atoms. The number of methoxy groups -OCH3 is 1. The number of likely N-dealkylation sites (tertiary alicyclic amines) is 1. The summed E-state index contributed by atoms with van der Waals surface area (Å²) in [4.78, 5) is 29.8. The summed E-state index contributed by atoms with van der Waals surface area (Å²) in [5, 5.41) is 0.296. The Labute approximate surface area is 122 Å². The highest BCUT2D eigenvalue weighted by Crippen LogP contribution is 2.26. The number of ether oxygens (including phenoxy) is 1. The van der Waals surface area contributed by atoms with Crippen LogP contribution >= 0.6 is 11.6 Å². The second-order valence-electron chi connectivity index (χ2n) is 5.14. The number of esters is 1. The summed E-state index contributed by atoms with van der Waals surface area (Å²) in [6.07, 6.45) is 0. The summed E-state index contributed by atoms with van der Waals surface area (Å²) in [7, 11) is 1.37. The maximum Gasteiger partial charge on any atom is 0.310 e. The van der Waals surface area contributed by atoms with Crippen molar-refractivity contribution >= 4 is 23.5 Å². The molecule has 0 radical (unpaired) electrons. The highest BCUT2D eigenvalue weighted by Gasteiger charge is 2.37. The number of rotatable bonds is 2. The van der Waals surface area contributed by atoms with Crippen LogP contribution in [0.4, 0.5) is 0 Å². The molecule has 0 spiro atoms. The molecule has 0 aliphatic carbocycles. The molecular formula is C14H17ClN2O3. The van der Waals surface area contributed by atoms with Crippen LogP contribution in [0.3, 0.4) is 0 Å². The summed E-state index contributed by atoms with van der Waals surface area (Å²) in [6, 6.07) is 3.25. The fraction of sp³-hybridized carbons (Fsp3) is 0.500. The lowest BCUT2D eigenvalue weighted by Gasteiger charge is -2.16. The standard InChI is InChI=1S/C14H17ClN2O3/c1-8-6-17(7-11(8)14(19)20-3)13(18)10-4-9(2)16-12(15)5-10/h4-5,8,11H,6-7H2,1-3H3. The number of aromatic nitrogens is 1. The van der Waals surface area contributed by atoms with E-state index < -0.39 is 0 Å². The van der Waals surface area contributed by atoms with Crippen molar-refractivity contribution in [2.45, 2.75) is 13.8 Å². The number of pyridine rings is 1. The molecule has 0 bridgehead atoms. The summed E-state index contributed by atoms with van der Waals surface area (Å²) in [5.74, 6) is -0.570. The van der Waals surface area contributed by atoms with E-state index in [4.69, 9.17) is 16.3 Å². The van der Waals surface area contributed by atoms with E-state index in [2.05, 4.69) is 4.98 Å². The molecule has 1 aliphatic rings. The van der Waals surface area contributed by atoms with Gasteiger partial charge in [0.15, 0.2) is 0 Å². The largest absolute Gasteiger partial charge is 0.469 e. The molecule has 1 aromatic rings. The number of aryl methyl sites for hydroxylation is 1. The summed E-state index contributed by atoms with van der Waals surface area (Å²) < 4.78 is 4.77. The molecule has 2 atom stereocenters. The Hall–Kier alpha value is -1.62. The maximum atomic E-state index is 12.4. The lowest BCUT2D eigenvalue weighted by molar-refractivity contribution is -0.146. The number of nitrogens with zero attached hydrogens (tertiary/aromatic N) is 2. The van der Waals surface area contributed by atoms with Gasteiger partial charge in [0, 0.05) is 24.3 Å². The third-order valence-corrected chi connectivity index (χ3v) is 3.77. The van der Waals surface area contributed by atoms with Crippen LogP contribution in [0.2, 0.25) is 5.15 Å². The summed E-state index contributed by atoms with van der Waals surface area (Å²) >= 11 is 5.88. The van der Waals surface area contributed by atoms with E-state index in [-0.39, 0.29) is 23.7 Å². The van der Waals surface area contributed by atoms with Crippen molar-refractivity contribution in [2.24, 2.45) is 11.8 Å². The zero-order valence-corrected chi connectivity index (χ0v) is 12.5. The molecular weight excluding hydrogens is 280 g/mol. The van der Waals surface area contributed by atoms with Crippen molar-refractivity contribution in [2.75, 3.05) is 20.2 Å². The maximum absolute atomic E-state index is 12.4. The minimum absolute atomic E-state index is 0.0878. The van der Waals surface area contributed by atoms with E-state index in [0.717, 1.165) is 0 Å². The molecule has 2 rings (SSSR count). The SMILES string of the molecule is COC(=O)C1CN(C(=O)c2cc(C)nc(Cl)c2)CC1C. The zero-order chi connectivity index (χ0) is 14.9. The number of halogens is 1. The van der Waals surface area contributed by atoms with Gasteiger partial charge in [-0.05, 0) is 25.0 Å². The van der Waals surface area contributed by atoms with E-state index in [9.17, 15) is 9.59 Å². The number of carbonyl (C=O) groups is 2. The fourth-order valence-corrected chi connectivity index (χ4v) is 2.78. The summed E-state index contributed by atoms with van der Waals surface area (Å²) in [5.41, 5.74) is 1.19. The molecule has 6 heteroatoms. The first kappa shape index (κ1) is 14.8. The Morgan fingerprint density at radius 2 is 2.10 bits per heavy atom. The van der Waals surface area contributed by atoms with Crippen molar-refractivity contribution in [1.29, 1.82) is 0 Å². The molecule has 1 saturated heterocycles. The highest BCUT2D eigenvalue weighted by molar-refractivity contribution is 6.29. The van der Waals surface area contributed by atoms with Crippen molar-refractivity contribution < 1.29 is 14.3 Å². The molecule has 1 aliphatic heterocycles. The first-order valence-corrected chi connectivity index (χ1v) is 6.81. The first-order chi connectivity index (χ1) is 9.42. The molecule has 0 N–H and O–H groups in total. The van der Waals surface area contributed by atoms with E-state index in [1.165, 1.54) is 7.11 Å². The molecule has 1 aromatic heterocycles. The van der Waals surface area contributed by atoms with Crippen LogP contribution in [0.1, 0.15) is 23.0 Å². The zero-order valence-electron chi connectivity index (χ0n) is 11.7. The fourth-order valence-electron chi connectivity index (χ4n) is 2.52. The van der Waals surface area contributed by atoms with Crippen LogP contribution in [0.15, 0.2) is 12.1 Å². The van der Waals surface area contributed by atoms with E-state index in [1.807, 2.05) is 6.92 Å². The van der Waals surface area contributed by atoms with Crippen LogP contribution in [0, 0.1) is 18.8 Å². The normalized spacial score (nSPS) is 21.9. The Bertz CT molecular complexity index is 527. The van der Waals surface area contributed by atoms with Gasteiger partial charge in [0.05, 0.1) is 13.0 Å². The van der Waals surface area contributed by atoms with Gasteiger partial charge in [0.1, 0.15) is 5.15 Å². The predicted molar refractivity (Wildman–Crippen MR) is 74.6 cm³/mol. The van der Waals surface area contributed by atoms with Gasteiger partial charge in [-0.3, -0.25) is 9.59 Å². The molecule has 1 fully saturated rings. The topological polar surface area (TPSA) is 59.5 Å². The van der Waals surface area contributed by atoms with Crippen LogP contribution in [0.5, 0.6) is 0 Å². The van der Waals surface area contributed by atoms with E-state index in [0.29, 0.717) is 29.5 Å². The van der Waals surface area contributed by atoms with Crippen molar-refractivity contribution in [3.63, 3.8) is 0 Å². The van der Waals surface area contributed by atoms with Gasteiger partial charge < -0.3 is 9.64 Å². The average molecular weight is 297 g/mol. The Kier molecular flexibility index (Phi) is 4.28. The van der Waals surface area contributed by atoms with Gasteiger partial charge in [-0.2, -0.15) is 0 Å². The Morgan fingerprint density at radius 3 is 2.70 bits per heavy atom. The smallest absolute Gasteiger partial charge is 0.310 e. The lowest BCUT2D eigenvalue weighted by Crippen LogP contribution is -2.30. The number of carbonyl (C=O) groups excluding carboxylic acids is 2. The van der Waals surface area contributed by atoms with Gasteiger partial charge in [-0.1, -0.05) is 18.5 Å². The molecule has 2 heterocycles. The molecule has 0 saturated carbocycles. The monoisotopic (exact) mass is 296 g/mol. The minimum Gasteiger partial charge on any atom is -0.469 e. The number of hydrogen-bond acceptors (Lipinski definition) is 4.